The zero-order valence-corrected chi connectivity index (χ0v) is 10.8. The first kappa shape index (κ1) is 12.3. The lowest BCUT2D eigenvalue weighted by atomic mass is 10.1. The topological polar surface area (TPSA) is 58.5 Å². The Kier molecular flexibility index (Phi) is 3.59. The second-order valence-electron chi connectivity index (χ2n) is 4.86. The van der Waals surface area contributed by atoms with Crippen molar-refractivity contribution >= 4 is 0 Å². The van der Waals surface area contributed by atoms with Gasteiger partial charge in [0.25, 0.3) is 0 Å². The van der Waals surface area contributed by atoms with E-state index in [9.17, 15) is 0 Å². The van der Waals surface area contributed by atoms with Gasteiger partial charge in [-0.05, 0) is 0 Å². The molecule has 0 atom stereocenters. The lowest BCUT2D eigenvalue weighted by Gasteiger charge is -2.30. The Morgan fingerprint density at radius 1 is 1.11 bits per heavy atom. The van der Waals surface area contributed by atoms with Crippen LogP contribution in [-0.2, 0) is 6.54 Å². The van der Waals surface area contributed by atoms with Crippen LogP contribution in [0.3, 0.4) is 0 Å². The van der Waals surface area contributed by atoms with Crippen LogP contribution in [0.15, 0.2) is 40.9 Å². The van der Waals surface area contributed by atoms with Crippen LogP contribution in [0.2, 0.25) is 0 Å². The van der Waals surface area contributed by atoms with Gasteiger partial charge in [-0.3, -0.25) is 10.7 Å². The van der Waals surface area contributed by atoms with Gasteiger partial charge in [0.05, 0.1) is 6.54 Å². The van der Waals surface area contributed by atoms with Gasteiger partial charge in [0.1, 0.15) is 5.69 Å². The van der Waals surface area contributed by atoms with Crippen molar-refractivity contribution in [3.8, 4) is 11.3 Å². The predicted molar refractivity (Wildman–Crippen MR) is 73.0 cm³/mol. The lowest BCUT2D eigenvalue weighted by Crippen LogP contribution is -2.48. The molecule has 1 aromatic heterocycles. The summed E-state index contributed by atoms with van der Waals surface area (Å²) in [7, 11) is 0. The van der Waals surface area contributed by atoms with Gasteiger partial charge in [-0.2, -0.15) is 0 Å². The molecule has 0 spiro atoms. The number of hydrogen-bond donors (Lipinski definition) is 1. The van der Waals surface area contributed by atoms with Gasteiger partial charge < -0.3 is 4.52 Å². The largest absolute Gasteiger partial charge is 0.359 e. The SMILES string of the molecule is NN1CCN(Cc2cc(-c3ccccc3)no2)CC1. The van der Waals surface area contributed by atoms with Crippen LogP contribution in [-0.4, -0.2) is 41.2 Å². The van der Waals surface area contributed by atoms with Gasteiger partial charge in [0.2, 0.25) is 0 Å². The third-order valence-electron chi connectivity index (χ3n) is 3.41. The molecule has 0 unspecified atom stereocenters. The molecule has 100 valence electrons. The van der Waals surface area contributed by atoms with Gasteiger partial charge in [0.15, 0.2) is 5.76 Å². The molecule has 3 rings (SSSR count). The molecule has 2 N–H and O–H groups in total. The van der Waals surface area contributed by atoms with Gasteiger partial charge in [-0.15, -0.1) is 0 Å². The summed E-state index contributed by atoms with van der Waals surface area (Å²) in [6.07, 6.45) is 0. The Hall–Kier alpha value is -1.69. The Morgan fingerprint density at radius 2 is 1.84 bits per heavy atom. The smallest absolute Gasteiger partial charge is 0.151 e. The van der Waals surface area contributed by atoms with Crippen molar-refractivity contribution in [2.45, 2.75) is 6.54 Å². The minimum absolute atomic E-state index is 0.799. The summed E-state index contributed by atoms with van der Waals surface area (Å²) in [5.74, 6) is 6.65. The fourth-order valence-corrected chi connectivity index (χ4v) is 2.27. The molecule has 5 heteroatoms. The monoisotopic (exact) mass is 258 g/mol. The van der Waals surface area contributed by atoms with E-state index in [1.165, 1.54) is 0 Å². The van der Waals surface area contributed by atoms with Gasteiger partial charge in [-0.25, -0.2) is 5.01 Å². The second-order valence-corrected chi connectivity index (χ2v) is 4.86. The summed E-state index contributed by atoms with van der Waals surface area (Å²) in [6, 6.07) is 12.1. The standard InChI is InChI=1S/C14H18N4O/c15-18-8-6-17(7-9-18)11-13-10-14(16-19-13)12-4-2-1-3-5-12/h1-5,10H,6-9,11,15H2. The van der Waals surface area contributed by atoms with Crippen molar-refractivity contribution in [3.05, 3.63) is 42.2 Å². The predicted octanol–water partition coefficient (Wildman–Crippen LogP) is 1.33. The maximum absolute atomic E-state index is 5.74. The number of aromatic nitrogens is 1. The number of hydrogen-bond acceptors (Lipinski definition) is 5. The van der Waals surface area contributed by atoms with E-state index in [0.717, 1.165) is 49.7 Å². The highest BCUT2D eigenvalue weighted by atomic mass is 16.5. The molecule has 0 saturated carbocycles. The van der Waals surface area contributed by atoms with Crippen LogP contribution in [0.1, 0.15) is 5.76 Å². The molecule has 0 aliphatic carbocycles. The molecule has 0 radical (unpaired) electrons. The third-order valence-corrected chi connectivity index (χ3v) is 3.41. The zero-order valence-electron chi connectivity index (χ0n) is 10.8. The van der Waals surface area contributed by atoms with E-state index in [4.69, 9.17) is 10.4 Å². The highest BCUT2D eigenvalue weighted by molar-refractivity contribution is 5.58. The molecule has 1 fully saturated rings. The van der Waals surface area contributed by atoms with Crippen molar-refractivity contribution in [3.63, 3.8) is 0 Å². The number of rotatable bonds is 3. The van der Waals surface area contributed by atoms with Crippen molar-refractivity contribution in [2.24, 2.45) is 5.84 Å². The van der Waals surface area contributed by atoms with Crippen LogP contribution in [0.25, 0.3) is 11.3 Å². The van der Waals surface area contributed by atoms with E-state index in [-0.39, 0.29) is 0 Å². The normalized spacial score (nSPS) is 17.7. The van der Waals surface area contributed by atoms with E-state index in [1.54, 1.807) is 0 Å². The molecule has 1 aliphatic heterocycles. The number of benzene rings is 1. The van der Waals surface area contributed by atoms with Crippen LogP contribution in [0.4, 0.5) is 0 Å². The molecule has 1 aromatic carbocycles. The molecule has 5 nitrogen and oxygen atoms in total. The Bertz CT molecular complexity index is 517. The summed E-state index contributed by atoms with van der Waals surface area (Å²) in [5, 5.41) is 5.98. The average molecular weight is 258 g/mol. The molecular weight excluding hydrogens is 240 g/mol. The van der Waals surface area contributed by atoms with E-state index in [0.29, 0.717) is 0 Å². The molecule has 2 heterocycles. The Morgan fingerprint density at radius 3 is 2.58 bits per heavy atom. The minimum Gasteiger partial charge on any atom is -0.359 e. The van der Waals surface area contributed by atoms with E-state index in [2.05, 4.69) is 10.1 Å². The van der Waals surface area contributed by atoms with E-state index >= 15 is 0 Å². The third kappa shape index (κ3) is 3.01. The lowest BCUT2D eigenvalue weighted by molar-refractivity contribution is 0.119. The molecule has 0 amide bonds. The number of nitrogens with two attached hydrogens (primary N) is 1. The first-order valence-corrected chi connectivity index (χ1v) is 6.54. The quantitative estimate of drug-likeness (QED) is 0.842. The molecule has 0 bridgehead atoms. The number of hydrazine groups is 1. The molecule has 19 heavy (non-hydrogen) atoms. The molecular formula is C14H18N4O. The van der Waals surface area contributed by atoms with E-state index < -0.39 is 0 Å². The maximum atomic E-state index is 5.74. The summed E-state index contributed by atoms with van der Waals surface area (Å²) in [6.45, 7) is 4.54. The summed E-state index contributed by atoms with van der Waals surface area (Å²) < 4.78 is 5.41. The van der Waals surface area contributed by atoms with Gasteiger partial charge in [-0.1, -0.05) is 35.5 Å². The maximum Gasteiger partial charge on any atom is 0.151 e. The summed E-state index contributed by atoms with van der Waals surface area (Å²) in [4.78, 5) is 2.33. The van der Waals surface area contributed by atoms with Crippen LogP contribution in [0, 0.1) is 0 Å². The molecule has 1 aliphatic rings. The van der Waals surface area contributed by atoms with Gasteiger partial charge in [0, 0.05) is 37.8 Å². The Labute approximate surface area is 112 Å². The van der Waals surface area contributed by atoms with Crippen LogP contribution < -0.4 is 5.84 Å². The Balaban J connectivity index is 1.65. The van der Waals surface area contributed by atoms with E-state index in [1.807, 2.05) is 41.4 Å². The zero-order chi connectivity index (χ0) is 13.1. The van der Waals surface area contributed by atoms with Crippen molar-refractivity contribution in [2.75, 3.05) is 26.2 Å². The van der Waals surface area contributed by atoms with Crippen molar-refractivity contribution in [1.29, 1.82) is 0 Å². The fraction of sp³-hybridized carbons (Fsp3) is 0.357. The minimum atomic E-state index is 0.799. The number of nitrogens with zero attached hydrogens (tertiary/aromatic N) is 3. The fourth-order valence-electron chi connectivity index (χ4n) is 2.27. The summed E-state index contributed by atoms with van der Waals surface area (Å²) >= 11 is 0. The second kappa shape index (κ2) is 5.52. The highest BCUT2D eigenvalue weighted by Crippen LogP contribution is 2.19. The first-order valence-electron chi connectivity index (χ1n) is 6.54. The van der Waals surface area contributed by atoms with Crippen LogP contribution in [0.5, 0.6) is 0 Å². The van der Waals surface area contributed by atoms with Crippen LogP contribution >= 0.6 is 0 Å². The average Bonchev–Trinajstić information content (AvgIpc) is 2.91. The first-order chi connectivity index (χ1) is 9.31. The molecule has 2 aromatic rings. The molecule has 1 saturated heterocycles. The summed E-state index contributed by atoms with van der Waals surface area (Å²) in [5.41, 5.74) is 1.98. The highest BCUT2D eigenvalue weighted by Gasteiger charge is 2.16. The number of piperazine rings is 1. The van der Waals surface area contributed by atoms with Crippen molar-refractivity contribution < 1.29 is 4.52 Å². The van der Waals surface area contributed by atoms with Gasteiger partial charge >= 0.3 is 0 Å². The van der Waals surface area contributed by atoms with Crippen molar-refractivity contribution in [1.82, 2.24) is 15.1 Å².